The third-order valence-electron chi connectivity index (χ3n) is 4.22. The average Bonchev–Trinajstić information content (AvgIpc) is 3.16. The van der Waals surface area contributed by atoms with Crippen molar-refractivity contribution in [1.29, 1.82) is 0 Å². The number of benzene rings is 2. The van der Waals surface area contributed by atoms with Gasteiger partial charge in [0.15, 0.2) is 5.16 Å². The number of carbonyl (C=O) groups excluding carboxylic acids is 1. The fraction of sp³-hybridized carbons (Fsp3) is 0.211. The Bertz CT molecular complexity index is 1080. The van der Waals surface area contributed by atoms with Gasteiger partial charge in [0.1, 0.15) is 17.8 Å². The molecule has 30 heavy (non-hydrogen) atoms. The van der Waals surface area contributed by atoms with E-state index in [0.717, 1.165) is 11.8 Å². The standard InChI is InChI=1S/C19H19N5O5S/c1-23-11-21-22-19(23)30-17-7-4-12(9-15(17)24(26)27)18(25)20-10-13-8-14(28-2)5-6-16(13)29-3/h4-9,11H,10H2,1-3H3,(H,20,25). The van der Waals surface area contributed by atoms with Crippen molar-refractivity contribution in [3.05, 3.63) is 64.0 Å². The Morgan fingerprint density at radius 3 is 2.67 bits per heavy atom. The van der Waals surface area contributed by atoms with Crippen LogP contribution in [-0.4, -0.2) is 39.8 Å². The Kier molecular flexibility index (Phi) is 6.52. The number of carbonyl (C=O) groups is 1. The molecule has 1 aromatic heterocycles. The molecule has 3 aromatic rings. The molecule has 0 unspecified atom stereocenters. The van der Waals surface area contributed by atoms with E-state index >= 15 is 0 Å². The van der Waals surface area contributed by atoms with Gasteiger partial charge in [-0.3, -0.25) is 14.9 Å². The number of nitro benzene ring substituents is 1. The summed E-state index contributed by atoms with van der Waals surface area (Å²) in [6.07, 6.45) is 1.50. The number of aromatic nitrogens is 3. The van der Waals surface area contributed by atoms with Crippen molar-refractivity contribution in [2.45, 2.75) is 16.6 Å². The Labute approximate surface area is 176 Å². The van der Waals surface area contributed by atoms with E-state index in [2.05, 4.69) is 15.5 Å². The lowest BCUT2D eigenvalue weighted by Gasteiger charge is -2.12. The van der Waals surface area contributed by atoms with Gasteiger partial charge in [-0.15, -0.1) is 10.2 Å². The van der Waals surface area contributed by atoms with Gasteiger partial charge in [0.25, 0.3) is 11.6 Å². The minimum absolute atomic E-state index is 0.169. The van der Waals surface area contributed by atoms with Crippen LogP contribution in [0.2, 0.25) is 0 Å². The summed E-state index contributed by atoms with van der Waals surface area (Å²) in [6, 6.07) is 9.55. The highest BCUT2D eigenvalue weighted by molar-refractivity contribution is 7.99. The molecule has 0 bridgehead atoms. The monoisotopic (exact) mass is 429 g/mol. The lowest BCUT2D eigenvalue weighted by atomic mass is 10.1. The van der Waals surface area contributed by atoms with Crippen molar-refractivity contribution in [1.82, 2.24) is 20.1 Å². The zero-order valence-electron chi connectivity index (χ0n) is 16.5. The second kappa shape index (κ2) is 9.27. The van der Waals surface area contributed by atoms with Crippen LogP contribution in [0.5, 0.6) is 11.5 Å². The maximum atomic E-state index is 12.6. The molecule has 2 aromatic carbocycles. The first-order chi connectivity index (χ1) is 14.4. The number of hydrogen-bond acceptors (Lipinski definition) is 8. The van der Waals surface area contributed by atoms with E-state index in [1.807, 2.05) is 0 Å². The highest BCUT2D eigenvalue weighted by atomic mass is 32.2. The highest BCUT2D eigenvalue weighted by Gasteiger charge is 2.20. The van der Waals surface area contributed by atoms with Crippen molar-refractivity contribution in [3.8, 4) is 11.5 Å². The van der Waals surface area contributed by atoms with Crippen LogP contribution in [0.15, 0.2) is 52.8 Å². The van der Waals surface area contributed by atoms with Gasteiger partial charge < -0.3 is 19.4 Å². The van der Waals surface area contributed by atoms with Gasteiger partial charge in [0, 0.05) is 30.8 Å². The molecule has 1 N–H and O–H groups in total. The molecule has 0 aliphatic heterocycles. The molecule has 0 fully saturated rings. The number of nitrogens with one attached hydrogen (secondary N) is 1. The fourth-order valence-corrected chi connectivity index (χ4v) is 3.50. The van der Waals surface area contributed by atoms with Gasteiger partial charge in [-0.1, -0.05) is 0 Å². The van der Waals surface area contributed by atoms with Gasteiger partial charge in [0.2, 0.25) is 0 Å². The summed E-state index contributed by atoms with van der Waals surface area (Å²) in [4.78, 5) is 24.0. The van der Waals surface area contributed by atoms with Crippen LogP contribution in [0.1, 0.15) is 15.9 Å². The van der Waals surface area contributed by atoms with Crippen molar-refractivity contribution >= 4 is 23.4 Å². The SMILES string of the molecule is COc1ccc(OC)c(CNC(=O)c2ccc(Sc3nncn3C)c([N+](=O)[O-])c2)c1. The van der Waals surface area contributed by atoms with Gasteiger partial charge >= 0.3 is 0 Å². The summed E-state index contributed by atoms with van der Waals surface area (Å²) in [7, 11) is 4.82. The molecular weight excluding hydrogens is 410 g/mol. The van der Waals surface area contributed by atoms with Crippen LogP contribution in [0, 0.1) is 10.1 Å². The molecular formula is C19H19N5O5S. The van der Waals surface area contributed by atoms with E-state index in [4.69, 9.17) is 9.47 Å². The predicted octanol–water partition coefficient (Wildman–Crippen LogP) is 2.82. The van der Waals surface area contributed by atoms with E-state index < -0.39 is 10.8 Å². The molecule has 0 aliphatic rings. The van der Waals surface area contributed by atoms with E-state index in [9.17, 15) is 14.9 Å². The van der Waals surface area contributed by atoms with E-state index in [0.29, 0.717) is 27.1 Å². The third kappa shape index (κ3) is 4.69. The van der Waals surface area contributed by atoms with Crippen LogP contribution in [0.3, 0.4) is 0 Å². The average molecular weight is 429 g/mol. The van der Waals surface area contributed by atoms with Crippen LogP contribution in [0.4, 0.5) is 5.69 Å². The van der Waals surface area contributed by atoms with Gasteiger partial charge in [0.05, 0.1) is 24.0 Å². The smallest absolute Gasteiger partial charge is 0.284 e. The number of ether oxygens (including phenoxy) is 2. The maximum Gasteiger partial charge on any atom is 0.284 e. The summed E-state index contributed by atoms with van der Waals surface area (Å²) in [5.41, 5.74) is 0.703. The molecule has 11 heteroatoms. The zero-order valence-corrected chi connectivity index (χ0v) is 17.3. The molecule has 0 aliphatic carbocycles. The predicted molar refractivity (Wildman–Crippen MR) is 109 cm³/mol. The largest absolute Gasteiger partial charge is 0.497 e. The Morgan fingerprint density at radius 2 is 2.03 bits per heavy atom. The zero-order chi connectivity index (χ0) is 21.7. The summed E-state index contributed by atoms with van der Waals surface area (Å²) in [5.74, 6) is 0.775. The van der Waals surface area contributed by atoms with Crippen molar-refractivity contribution in [2.24, 2.45) is 7.05 Å². The highest BCUT2D eigenvalue weighted by Crippen LogP contribution is 2.34. The summed E-state index contributed by atoms with van der Waals surface area (Å²) >= 11 is 1.10. The van der Waals surface area contributed by atoms with E-state index in [1.165, 1.54) is 31.6 Å². The molecule has 1 heterocycles. The van der Waals surface area contributed by atoms with Crippen molar-refractivity contribution in [2.75, 3.05) is 14.2 Å². The van der Waals surface area contributed by atoms with Crippen molar-refractivity contribution < 1.29 is 19.2 Å². The minimum Gasteiger partial charge on any atom is -0.497 e. The first-order valence-corrected chi connectivity index (χ1v) is 9.54. The molecule has 0 radical (unpaired) electrons. The van der Waals surface area contributed by atoms with Crippen LogP contribution < -0.4 is 14.8 Å². The summed E-state index contributed by atoms with van der Waals surface area (Å²) < 4.78 is 12.1. The molecule has 10 nitrogen and oxygen atoms in total. The minimum atomic E-state index is -0.527. The summed E-state index contributed by atoms with van der Waals surface area (Å²) in [5, 5.41) is 22.5. The first kappa shape index (κ1) is 21.1. The number of rotatable bonds is 8. The summed E-state index contributed by atoms with van der Waals surface area (Å²) in [6.45, 7) is 0.169. The van der Waals surface area contributed by atoms with Crippen LogP contribution in [0.25, 0.3) is 0 Å². The number of nitrogens with zero attached hydrogens (tertiary/aromatic N) is 4. The third-order valence-corrected chi connectivity index (χ3v) is 5.33. The number of hydrogen-bond donors (Lipinski definition) is 1. The topological polar surface area (TPSA) is 121 Å². The Balaban J connectivity index is 1.79. The molecule has 1 amide bonds. The fourth-order valence-electron chi connectivity index (χ4n) is 2.65. The molecule has 0 saturated heterocycles. The second-order valence-electron chi connectivity index (χ2n) is 6.13. The van der Waals surface area contributed by atoms with E-state index in [-0.39, 0.29) is 17.8 Å². The van der Waals surface area contributed by atoms with Gasteiger partial charge in [-0.2, -0.15) is 0 Å². The van der Waals surface area contributed by atoms with Gasteiger partial charge in [-0.25, -0.2) is 0 Å². The number of nitro groups is 1. The maximum absolute atomic E-state index is 12.6. The quantitative estimate of drug-likeness (QED) is 0.429. The molecule has 156 valence electrons. The Hall–Kier alpha value is -3.60. The molecule has 3 rings (SSSR count). The lowest BCUT2D eigenvalue weighted by molar-refractivity contribution is -0.387. The molecule has 0 saturated carbocycles. The Morgan fingerprint density at radius 1 is 1.23 bits per heavy atom. The van der Waals surface area contributed by atoms with Crippen LogP contribution >= 0.6 is 11.8 Å². The molecule has 0 atom stereocenters. The lowest BCUT2D eigenvalue weighted by Crippen LogP contribution is -2.23. The normalized spacial score (nSPS) is 10.5. The number of methoxy groups -OCH3 is 2. The van der Waals surface area contributed by atoms with Gasteiger partial charge in [-0.05, 0) is 42.1 Å². The number of amides is 1. The van der Waals surface area contributed by atoms with Crippen molar-refractivity contribution in [3.63, 3.8) is 0 Å². The van der Waals surface area contributed by atoms with Crippen LogP contribution in [-0.2, 0) is 13.6 Å². The second-order valence-corrected chi connectivity index (χ2v) is 7.14. The molecule has 0 spiro atoms. The number of aryl methyl sites for hydroxylation is 1. The van der Waals surface area contributed by atoms with E-state index in [1.54, 1.807) is 36.9 Å². The first-order valence-electron chi connectivity index (χ1n) is 8.72.